The average molecular weight is 208 g/mol. The maximum atomic E-state index is 5.63. The Hall–Kier alpha value is -1.69. The lowest BCUT2D eigenvalue weighted by molar-refractivity contribution is 0.395. The highest BCUT2D eigenvalue weighted by Crippen LogP contribution is 2.20. The quantitative estimate of drug-likeness (QED) is 0.806. The lowest BCUT2D eigenvalue weighted by atomic mass is 10.2. The van der Waals surface area contributed by atoms with E-state index < -0.39 is 0 Å². The van der Waals surface area contributed by atoms with Crippen LogP contribution in [-0.2, 0) is 6.42 Å². The topological polar surface area (TPSA) is 91.0 Å². The molecule has 0 aliphatic heterocycles. The van der Waals surface area contributed by atoms with Gasteiger partial charge in [-0.25, -0.2) is 0 Å². The van der Waals surface area contributed by atoms with Crippen molar-refractivity contribution in [3.63, 3.8) is 0 Å². The largest absolute Gasteiger partial charge is 0.361 e. The van der Waals surface area contributed by atoms with Crippen LogP contribution in [0.15, 0.2) is 15.2 Å². The Morgan fingerprint density at radius 2 is 2.27 bits per heavy atom. The molecule has 2 N–H and O–H groups in total. The fourth-order valence-corrected chi connectivity index (χ4v) is 1.24. The smallest absolute Gasteiger partial charge is 0.263 e. The summed E-state index contributed by atoms with van der Waals surface area (Å²) in [5.41, 5.74) is 6.35. The molecule has 2 heterocycles. The molecule has 1 atom stereocenters. The van der Waals surface area contributed by atoms with Crippen molar-refractivity contribution in [1.82, 2.24) is 15.3 Å². The van der Waals surface area contributed by atoms with Crippen molar-refractivity contribution in [3.8, 4) is 11.5 Å². The molecule has 0 spiro atoms. The summed E-state index contributed by atoms with van der Waals surface area (Å²) in [4.78, 5) is 4.20. The standard InChI is InChI=1S/C9H12N4O2/c1-5(10)3-8-12-9(15-13-8)7-4-11-14-6(7)2/h4-5H,3,10H2,1-2H3. The zero-order chi connectivity index (χ0) is 10.8. The van der Waals surface area contributed by atoms with Gasteiger partial charge in [0, 0.05) is 12.5 Å². The first kappa shape index (κ1) is 9.85. The molecule has 0 aromatic carbocycles. The summed E-state index contributed by atoms with van der Waals surface area (Å²) in [5, 5.41) is 7.46. The van der Waals surface area contributed by atoms with E-state index in [0.29, 0.717) is 23.9 Å². The van der Waals surface area contributed by atoms with Crippen LogP contribution in [0.2, 0.25) is 0 Å². The van der Waals surface area contributed by atoms with Crippen LogP contribution in [0.1, 0.15) is 18.5 Å². The Morgan fingerprint density at radius 3 is 2.87 bits per heavy atom. The van der Waals surface area contributed by atoms with E-state index in [-0.39, 0.29) is 6.04 Å². The summed E-state index contributed by atoms with van der Waals surface area (Å²) in [6.45, 7) is 3.68. The van der Waals surface area contributed by atoms with Crippen LogP contribution in [0.3, 0.4) is 0 Å². The van der Waals surface area contributed by atoms with Gasteiger partial charge in [0.1, 0.15) is 11.3 Å². The molecule has 0 amide bonds. The Kier molecular flexibility index (Phi) is 2.51. The third-order valence-corrected chi connectivity index (χ3v) is 1.95. The third-order valence-electron chi connectivity index (χ3n) is 1.95. The molecule has 1 unspecified atom stereocenters. The minimum absolute atomic E-state index is 0.0130. The molecule has 2 aromatic rings. The van der Waals surface area contributed by atoms with Crippen molar-refractivity contribution in [1.29, 1.82) is 0 Å². The zero-order valence-electron chi connectivity index (χ0n) is 8.60. The van der Waals surface area contributed by atoms with Crippen molar-refractivity contribution in [2.75, 3.05) is 0 Å². The number of nitrogens with zero attached hydrogens (tertiary/aromatic N) is 3. The lowest BCUT2D eigenvalue weighted by Crippen LogP contribution is -2.18. The lowest BCUT2D eigenvalue weighted by Gasteiger charge is -1.96. The van der Waals surface area contributed by atoms with Gasteiger partial charge in [0.05, 0.1) is 6.20 Å². The van der Waals surface area contributed by atoms with Gasteiger partial charge in [0.2, 0.25) is 0 Å². The van der Waals surface area contributed by atoms with Gasteiger partial charge in [-0.15, -0.1) is 0 Å². The molecular weight excluding hydrogens is 196 g/mol. The Balaban J connectivity index is 2.24. The van der Waals surface area contributed by atoms with Gasteiger partial charge in [-0.2, -0.15) is 4.98 Å². The van der Waals surface area contributed by atoms with E-state index in [0.717, 1.165) is 5.56 Å². The summed E-state index contributed by atoms with van der Waals surface area (Å²) in [6, 6.07) is 0.0130. The fraction of sp³-hybridized carbons (Fsp3) is 0.444. The predicted octanol–water partition coefficient (Wildman–Crippen LogP) is 0.923. The maximum absolute atomic E-state index is 5.63. The highest BCUT2D eigenvalue weighted by atomic mass is 16.5. The van der Waals surface area contributed by atoms with E-state index in [1.165, 1.54) is 0 Å². The van der Waals surface area contributed by atoms with Crippen molar-refractivity contribution >= 4 is 0 Å². The number of aromatic nitrogens is 3. The first-order valence-corrected chi connectivity index (χ1v) is 4.66. The van der Waals surface area contributed by atoms with Crippen molar-refractivity contribution in [2.45, 2.75) is 26.3 Å². The van der Waals surface area contributed by atoms with Crippen LogP contribution >= 0.6 is 0 Å². The van der Waals surface area contributed by atoms with E-state index in [1.807, 2.05) is 6.92 Å². The van der Waals surface area contributed by atoms with E-state index in [2.05, 4.69) is 15.3 Å². The van der Waals surface area contributed by atoms with Gasteiger partial charge in [-0.1, -0.05) is 10.3 Å². The van der Waals surface area contributed by atoms with Crippen LogP contribution in [0, 0.1) is 6.92 Å². The predicted molar refractivity (Wildman–Crippen MR) is 51.9 cm³/mol. The number of rotatable bonds is 3. The second-order valence-corrected chi connectivity index (χ2v) is 3.49. The Morgan fingerprint density at radius 1 is 1.47 bits per heavy atom. The minimum Gasteiger partial charge on any atom is -0.361 e. The highest BCUT2D eigenvalue weighted by Gasteiger charge is 2.14. The van der Waals surface area contributed by atoms with Crippen LogP contribution in [-0.4, -0.2) is 21.3 Å². The summed E-state index contributed by atoms with van der Waals surface area (Å²) in [6.07, 6.45) is 2.15. The summed E-state index contributed by atoms with van der Waals surface area (Å²) >= 11 is 0. The van der Waals surface area contributed by atoms with Gasteiger partial charge in [0.25, 0.3) is 5.89 Å². The maximum Gasteiger partial charge on any atom is 0.263 e. The van der Waals surface area contributed by atoms with Crippen molar-refractivity contribution < 1.29 is 9.05 Å². The summed E-state index contributed by atoms with van der Waals surface area (Å²) < 4.78 is 9.98. The molecule has 6 heteroatoms. The fourth-order valence-electron chi connectivity index (χ4n) is 1.24. The van der Waals surface area contributed by atoms with Crippen LogP contribution in [0.4, 0.5) is 0 Å². The van der Waals surface area contributed by atoms with E-state index in [1.54, 1.807) is 13.1 Å². The van der Waals surface area contributed by atoms with Crippen LogP contribution in [0.5, 0.6) is 0 Å². The first-order chi connectivity index (χ1) is 7.16. The molecule has 6 nitrogen and oxygen atoms in total. The van der Waals surface area contributed by atoms with Gasteiger partial charge in [0.15, 0.2) is 5.82 Å². The van der Waals surface area contributed by atoms with Gasteiger partial charge in [-0.05, 0) is 13.8 Å². The zero-order valence-corrected chi connectivity index (χ0v) is 8.60. The Labute approximate surface area is 86.4 Å². The van der Waals surface area contributed by atoms with Crippen LogP contribution in [0.25, 0.3) is 11.5 Å². The van der Waals surface area contributed by atoms with Crippen molar-refractivity contribution in [3.05, 3.63) is 17.8 Å². The molecule has 0 saturated carbocycles. The molecule has 15 heavy (non-hydrogen) atoms. The van der Waals surface area contributed by atoms with Crippen molar-refractivity contribution in [2.24, 2.45) is 5.73 Å². The molecule has 0 aliphatic carbocycles. The monoisotopic (exact) mass is 208 g/mol. The number of nitrogens with two attached hydrogens (primary N) is 1. The molecule has 0 fully saturated rings. The van der Waals surface area contributed by atoms with Gasteiger partial charge in [-0.3, -0.25) is 0 Å². The molecule has 80 valence electrons. The molecule has 2 rings (SSSR count). The minimum atomic E-state index is 0.0130. The molecule has 0 radical (unpaired) electrons. The van der Waals surface area contributed by atoms with Gasteiger partial charge >= 0.3 is 0 Å². The normalized spacial score (nSPS) is 13.0. The molecular formula is C9H12N4O2. The van der Waals surface area contributed by atoms with E-state index >= 15 is 0 Å². The molecule has 0 bridgehead atoms. The number of hydrogen-bond donors (Lipinski definition) is 1. The van der Waals surface area contributed by atoms with Gasteiger partial charge < -0.3 is 14.8 Å². The Bertz CT molecular complexity index is 446. The second-order valence-electron chi connectivity index (χ2n) is 3.49. The first-order valence-electron chi connectivity index (χ1n) is 4.66. The average Bonchev–Trinajstić information content (AvgIpc) is 2.72. The van der Waals surface area contributed by atoms with E-state index in [9.17, 15) is 0 Å². The summed E-state index contributed by atoms with van der Waals surface area (Å²) in [7, 11) is 0. The van der Waals surface area contributed by atoms with E-state index in [4.69, 9.17) is 14.8 Å². The highest BCUT2D eigenvalue weighted by molar-refractivity contribution is 5.53. The third kappa shape index (κ3) is 2.04. The molecule has 2 aromatic heterocycles. The molecule has 0 saturated heterocycles. The summed E-state index contributed by atoms with van der Waals surface area (Å²) in [5.74, 6) is 1.68. The number of hydrogen-bond acceptors (Lipinski definition) is 6. The second kappa shape index (κ2) is 3.82. The molecule has 0 aliphatic rings. The SMILES string of the molecule is Cc1oncc1-c1nc(CC(C)N)no1. The van der Waals surface area contributed by atoms with Crippen LogP contribution < -0.4 is 5.73 Å². The number of aryl methyl sites for hydroxylation is 1.